The van der Waals surface area contributed by atoms with E-state index in [2.05, 4.69) is 0 Å². The highest BCUT2D eigenvalue weighted by molar-refractivity contribution is 5.72. The monoisotopic (exact) mass is 266 g/mol. The lowest BCUT2D eigenvalue weighted by Crippen LogP contribution is -2.29. The predicted molar refractivity (Wildman–Crippen MR) is 69.4 cm³/mol. The first-order valence-corrected chi connectivity index (χ1v) is 6.78. The Bertz CT molecular complexity index is 408. The van der Waals surface area contributed by atoms with E-state index in [0.29, 0.717) is 12.4 Å². The largest absolute Gasteiger partial charge is 0.490 e. The number of carbonyl (C=O) groups excluding carboxylic acids is 1. The maximum Gasteiger partial charge on any atom is 0.308 e. The lowest BCUT2D eigenvalue weighted by molar-refractivity contribution is -0.149. The maximum absolute atomic E-state index is 12.8. The van der Waals surface area contributed by atoms with Crippen LogP contribution in [0.25, 0.3) is 0 Å². The van der Waals surface area contributed by atoms with Gasteiger partial charge in [0, 0.05) is 0 Å². The molecule has 0 spiro atoms. The normalized spacial score (nSPS) is 22.8. The molecule has 1 fully saturated rings. The van der Waals surface area contributed by atoms with Gasteiger partial charge in [0.15, 0.2) is 0 Å². The standard InChI is InChI=1S/C15H19FO3/c1-2-18-15(17)11-3-7-13(8-4-11)19-14-9-5-12(16)6-10-14/h5-6,9-11,13H,2-4,7-8H2,1H3. The van der Waals surface area contributed by atoms with Crippen LogP contribution in [0.1, 0.15) is 32.6 Å². The zero-order valence-electron chi connectivity index (χ0n) is 11.1. The second kappa shape index (κ2) is 6.55. The average Bonchev–Trinajstić information content (AvgIpc) is 2.42. The molecule has 0 amide bonds. The fraction of sp³-hybridized carbons (Fsp3) is 0.533. The molecule has 2 rings (SSSR count). The van der Waals surface area contributed by atoms with Crippen molar-refractivity contribution in [3.05, 3.63) is 30.1 Å². The topological polar surface area (TPSA) is 35.5 Å². The van der Waals surface area contributed by atoms with Crippen LogP contribution in [-0.2, 0) is 9.53 Å². The van der Waals surface area contributed by atoms with Crippen LogP contribution in [0.2, 0.25) is 0 Å². The van der Waals surface area contributed by atoms with Gasteiger partial charge in [-0.1, -0.05) is 0 Å². The van der Waals surface area contributed by atoms with Gasteiger partial charge in [-0.05, 0) is 56.9 Å². The number of halogens is 1. The molecule has 0 bridgehead atoms. The summed E-state index contributed by atoms with van der Waals surface area (Å²) in [4.78, 5) is 11.6. The van der Waals surface area contributed by atoms with Gasteiger partial charge in [-0.15, -0.1) is 0 Å². The third kappa shape index (κ3) is 3.94. The first kappa shape index (κ1) is 13.8. The molecule has 0 atom stereocenters. The quantitative estimate of drug-likeness (QED) is 0.784. The molecule has 1 saturated carbocycles. The van der Waals surface area contributed by atoms with Gasteiger partial charge in [0.2, 0.25) is 0 Å². The number of hydrogen-bond acceptors (Lipinski definition) is 3. The molecule has 0 N–H and O–H groups in total. The SMILES string of the molecule is CCOC(=O)C1CCC(Oc2ccc(F)cc2)CC1. The molecule has 0 radical (unpaired) electrons. The molecular weight excluding hydrogens is 247 g/mol. The molecule has 0 unspecified atom stereocenters. The van der Waals surface area contributed by atoms with Crippen LogP contribution in [0.3, 0.4) is 0 Å². The number of esters is 1. The summed E-state index contributed by atoms with van der Waals surface area (Å²) in [5, 5.41) is 0. The number of ether oxygens (including phenoxy) is 2. The number of carbonyl (C=O) groups is 1. The lowest BCUT2D eigenvalue weighted by atomic mass is 9.87. The Labute approximate surface area is 112 Å². The van der Waals surface area contributed by atoms with Crippen LogP contribution in [0.4, 0.5) is 4.39 Å². The van der Waals surface area contributed by atoms with E-state index < -0.39 is 0 Å². The van der Waals surface area contributed by atoms with E-state index in [1.54, 1.807) is 12.1 Å². The molecule has 1 aromatic rings. The molecule has 0 heterocycles. The Hall–Kier alpha value is -1.58. The van der Waals surface area contributed by atoms with E-state index in [1.807, 2.05) is 6.92 Å². The molecule has 1 aliphatic rings. The highest BCUT2D eigenvalue weighted by Gasteiger charge is 2.28. The molecule has 1 aromatic carbocycles. The highest BCUT2D eigenvalue weighted by Crippen LogP contribution is 2.28. The van der Waals surface area contributed by atoms with Crippen LogP contribution in [0.15, 0.2) is 24.3 Å². The smallest absolute Gasteiger partial charge is 0.308 e. The van der Waals surface area contributed by atoms with Gasteiger partial charge in [-0.3, -0.25) is 4.79 Å². The molecular formula is C15H19FO3. The summed E-state index contributed by atoms with van der Waals surface area (Å²) in [5.74, 6) is 0.329. The van der Waals surface area contributed by atoms with Gasteiger partial charge in [0.05, 0.1) is 18.6 Å². The van der Waals surface area contributed by atoms with Crippen molar-refractivity contribution in [2.75, 3.05) is 6.61 Å². The van der Waals surface area contributed by atoms with Gasteiger partial charge < -0.3 is 9.47 Å². The maximum atomic E-state index is 12.8. The third-order valence-electron chi connectivity index (χ3n) is 3.41. The van der Waals surface area contributed by atoms with Gasteiger partial charge in [0.25, 0.3) is 0 Å². The van der Waals surface area contributed by atoms with Crippen LogP contribution >= 0.6 is 0 Å². The first-order valence-electron chi connectivity index (χ1n) is 6.78. The fourth-order valence-corrected chi connectivity index (χ4v) is 2.38. The van der Waals surface area contributed by atoms with Crippen molar-refractivity contribution >= 4 is 5.97 Å². The molecule has 1 aliphatic carbocycles. The Kier molecular flexibility index (Phi) is 4.77. The van der Waals surface area contributed by atoms with Gasteiger partial charge in [0.1, 0.15) is 11.6 Å². The molecule has 4 heteroatoms. The Balaban J connectivity index is 1.80. The van der Waals surface area contributed by atoms with Gasteiger partial charge in [-0.25, -0.2) is 4.39 Å². The van der Waals surface area contributed by atoms with Crippen molar-refractivity contribution in [3.63, 3.8) is 0 Å². The summed E-state index contributed by atoms with van der Waals surface area (Å²) in [6.07, 6.45) is 3.37. The second-order valence-electron chi connectivity index (χ2n) is 4.80. The minimum absolute atomic E-state index is 0.00742. The minimum atomic E-state index is -0.265. The summed E-state index contributed by atoms with van der Waals surface area (Å²) >= 11 is 0. The summed E-state index contributed by atoms with van der Waals surface area (Å²) in [6.45, 7) is 2.26. The van der Waals surface area contributed by atoms with Crippen LogP contribution in [0.5, 0.6) is 5.75 Å². The second-order valence-corrected chi connectivity index (χ2v) is 4.80. The lowest BCUT2D eigenvalue weighted by Gasteiger charge is -2.27. The van der Waals surface area contributed by atoms with Crippen LogP contribution in [-0.4, -0.2) is 18.7 Å². The number of hydrogen-bond donors (Lipinski definition) is 0. The van der Waals surface area contributed by atoms with Gasteiger partial charge in [-0.2, -0.15) is 0 Å². The molecule has 104 valence electrons. The van der Waals surface area contributed by atoms with E-state index in [4.69, 9.17) is 9.47 Å². The van der Waals surface area contributed by atoms with Crippen LogP contribution < -0.4 is 4.74 Å². The first-order chi connectivity index (χ1) is 9.19. The van der Waals surface area contributed by atoms with E-state index in [9.17, 15) is 9.18 Å². The zero-order valence-corrected chi connectivity index (χ0v) is 11.1. The van der Waals surface area contributed by atoms with E-state index in [-0.39, 0.29) is 23.8 Å². The zero-order chi connectivity index (χ0) is 13.7. The van der Waals surface area contributed by atoms with Crippen molar-refractivity contribution < 1.29 is 18.7 Å². The van der Waals surface area contributed by atoms with Crippen LogP contribution in [0, 0.1) is 11.7 Å². The van der Waals surface area contributed by atoms with Crippen molar-refractivity contribution in [1.82, 2.24) is 0 Å². The molecule has 0 aliphatic heterocycles. The van der Waals surface area contributed by atoms with E-state index in [1.165, 1.54) is 12.1 Å². The minimum Gasteiger partial charge on any atom is -0.490 e. The fourth-order valence-electron chi connectivity index (χ4n) is 2.38. The molecule has 3 nitrogen and oxygen atoms in total. The van der Waals surface area contributed by atoms with E-state index in [0.717, 1.165) is 25.7 Å². The third-order valence-corrected chi connectivity index (χ3v) is 3.41. The Morgan fingerprint density at radius 3 is 2.42 bits per heavy atom. The highest BCUT2D eigenvalue weighted by atomic mass is 19.1. The summed E-state index contributed by atoms with van der Waals surface area (Å²) in [5.41, 5.74) is 0. The number of rotatable bonds is 4. The van der Waals surface area contributed by atoms with Crippen molar-refractivity contribution in [2.45, 2.75) is 38.7 Å². The van der Waals surface area contributed by atoms with E-state index >= 15 is 0 Å². The Morgan fingerprint density at radius 2 is 1.84 bits per heavy atom. The summed E-state index contributed by atoms with van der Waals surface area (Å²) < 4.78 is 23.6. The Morgan fingerprint density at radius 1 is 1.21 bits per heavy atom. The van der Waals surface area contributed by atoms with Gasteiger partial charge >= 0.3 is 5.97 Å². The summed E-state index contributed by atoms with van der Waals surface area (Å²) in [7, 11) is 0. The number of benzene rings is 1. The molecule has 0 aromatic heterocycles. The summed E-state index contributed by atoms with van der Waals surface area (Å²) in [6, 6.07) is 6.04. The molecule has 19 heavy (non-hydrogen) atoms. The van der Waals surface area contributed by atoms with Crippen molar-refractivity contribution in [1.29, 1.82) is 0 Å². The van der Waals surface area contributed by atoms with Crippen molar-refractivity contribution in [3.8, 4) is 5.75 Å². The molecule has 0 saturated heterocycles. The average molecular weight is 266 g/mol. The predicted octanol–water partition coefficient (Wildman–Crippen LogP) is 3.33. The van der Waals surface area contributed by atoms with Crippen molar-refractivity contribution in [2.24, 2.45) is 5.92 Å².